The Kier molecular flexibility index (Phi) is 5.57. The molecule has 0 aliphatic heterocycles. The topological polar surface area (TPSA) is 64.6 Å². The van der Waals surface area contributed by atoms with Gasteiger partial charge >= 0.3 is 0 Å². The van der Waals surface area contributed by atoms with E-state index in [0.717, 1.165) is 6.07 Å². The number of benzene rings is 2. The first kappa shape index (κ1) is 17.2. The van der Waals surface area contributed by atoms with Crippen molar-refractivity contribution in [2.45, 2.75) is 18.4 Å². The first-order chi connectivity index (χ1) is 11.0. The lowest BCUT2D eigenvalue weighted by atomic mass is 10.2. The van der Waals surface area contributed by atoms with Crippen LogP contribution in [0.1, 0.15) is 12.5 Å². The van der Waals surface area contributed by atoms with Crippen molar-refractivity contribution in [3.63, 3.8) is 0 Å². The van der Waals surface area contributed by atoms with Gasteiger partial charge in [0.25, 0.3) is 0 Å². The summed E-state index contributed by atoms with van der Waals surface area (Å²) in [5, 5.41) is 0. The number of ether oxygens (including phenoxy) is 2. The predicted molar refractivity (Wildman–Crippen MR) is 84.6 cm³/mol. The molecule has 0 heterocycles. The van der Waals surface area contributed by atoms with Crippen molar-refractivity contribution in [3.8, 4) is 11.5 Å². The molecule has 23 heavy (non-hydrogen) atoms. The van der Waals surface area contributed by atoms with Gasteiger partial charge in [-0.3, -0.25) is 0 Å². The molecule has 2 rings (SSSR count). The van der Waals surface area contributed by atoms with E-state index < -0.39 is 15.8 Å². The molecule has 2 aromatic carbocycles. The van der Waals surface area contributed by atoms with E-state index in [4.69, 9.17) is 9.47 Å². The quantitative estimate of drug-likeness (QED) is 0.842. The SMILES string of the molecule is CCOc1ccc(S(=O)(=O)NCc2ccccc2OC)cc1F. The second-order valence-corrected chi connectivity index (χ2v) is 6.43. The third-order valence-electron chi connectivity index (χ3n) is 3.16. The highest BCUT2D eigenvalue weighted by atomic mass is 32.2. The molecule has 0 fully saturated rings. The molecular formula is C16H18FNO4S. The Labute approximate surface area is 135 Å². The minimum Gasteiger partial charge on any atom is -0.496 e. The first-order valence-electron chi connectivity index (χ1n) is 7.02. The highest BCUT2D eigenvalue weighted by Gasteiger charge is 2.17. The number of rotatable bonds is 7. The molecule has 0 amide bonds. The van der Waals surface area contributed by atoms with Gasteiger partial charge in [-0.1, -0.05) is 18.2 Å². The maximum absolute atomic E-state index is 13.8. The van der Waals surface area contributed by atoms with Crippen molar-refractivity contribution in [1.82, 2.24) is 4.72 Å². The van der Waals surface area contributed by atoms with Gasteiger partial charge in [-0.05, 0) is 31.2 Å². The molecule has 2 aromatic rings. The van der Waals surface area contributed by atoms with Crippen molar-refractivity contribution in [2.75, 3.05) is 13.7 Å². The summed E-state index contributed by atoms with van der Waals surface area (Å²) < 4.78 is 51.0. The maximum atomic E-state index is 13.8. The van der Waals surface area contributed by atoms with Gasteiger partial charge in [0.2, 0.25) is 10.0 Å². The summed E-state index contributed by atoms with van der Waals surface area (Å²) in [6, 6.07) is 10.6. The number of hydrogen-bond donors (Lipinski definition) is 1. The third-order valence-corrected chi connectivity index (χ3v) is 4.56. The number of hydrogen-bond acceptors (Lipinski definition) is 4. The van der Waals surface area contributed by atoms with E-state index in [1.54, 1.807) is 31.2 Å². The van der Waals surface area contributed by atoms with Crippen molar-refractivity contribution in [2.24, 2.45) is 0 Å². The van der Waals surface area contributed by atoms with Crippen LogP contribution >= 0.6 is 0 Å². The Balaban J connectivity index is 2.17. The fraction of sp³-hybridized carbons (Fsp3) is 0.250. The van der Waals surface area contributed by atoms with Crippen molar-refractivity contribution in [1.29, 1.82) is 0 Å². The molecule has 5 nitrogen and oxygen atoms in total. The molecule has 0 unspecified atom stereocenters. The molecule has 0 saturated carbocycles. The Hall–Kier alpha value is -2.12. The van der Waals surface area contributed by atoms with Gasteiger partial charge < -0.3 is 9.47 Å². The molecule has 0 saturated heterocycles. The molecule has 0 spiro atoms. The molecule has 1 N–H and O–H groups in total. The van der Waals surface area contributed by atoms with Gasteiger partial charge in [0, 0.05) is 12.1 Å². The molecule has 0 atom stereocenters. The molecule has 0 aliphatic carbocycles. The van der Waals surface area contributed by atoms with Crippen LogP contribution in [0.4, 0.5) is 4.39 Å². The summed E-state index contributed by atoms with van der Waals surface area (Å²) >= 11 is 0. The zero-order valence-corrected chi connectivity index (χ0v) is 13.7. The summed E-state index contributed by atoms with van der Waals surface area (Å²) in [6.45, 7) is 2.06. The standard InChI is InChI=1S/C16H18FNO4S/c1-3-22-16-9-8-13(10-14(16)17)23(19,20)18-11-12-6-4-5-7-15(12)21-2/h4-10,18H,3,11H2,1-2H3. The van der Waals surface area contributed by atoms with E-state index in [1.807, 2.05) is 0 Å². The second kappa shape index (κ2) is 7.43. The van der Waals surface area contributed by atoms with Gasteiger partial charge in [-0.15, -0.1) is 0 Å². The number of nitrogens with one attached hydrogen (secondary N) is 1. The zero-order valence-electron chi connectivity index (χ0n) is 12.9. The van der Waals surface area contributed by atoms with Gasteiger partial charge in [-0.2, -0.15) is 0 Å². The van der Waals surface area contributed by atoms with Crippen LogP contribution in [-0.2, 0) is 16.6 Å². The van der Waals surface area contributed by atoms with Crippen LogP contribution in [0.5, 0.6) is 11.5 Å². The van der Waals surface area contributed by atoms with E-state index in [-0.39, 0.29) is 17.2 Å². The largest absolute Gasteiger partial charge is 0.496 e. The minimum atomic E-state index is -3.84. The number of methoxy groups -OCH3 is 1. The van der Waals surface area contributed by atoms with E-state index in [9.17, 15) is 12.8 Å². The lowest BCUT2D eigenvalue weighted by Gasteiger charge is -2.11. The summed E-state index contributed by atoms with van der Waals surface area (Å²) in [4.78, 5) is -0.159. The van der Waals surface area contributed by atoms with Crippen LogP contribution in [0.25, 0.3) is 0 Å². The lowest BCUT2D eigenvalue weighted by molar-refractivity contribution is 0.321. The second-order valence-electron chi connectivity index (χ2n) is 4.66. The third kappa shape index (κ3) is 4.20. The fourth-order valence-electron chi connectivity index (χ4n) is 2.03. The smallest absolute Gasteiger partial charge is 0.240 e. The highest BCUT2D eigenvalue weighted by Crippen LogP contribution is 2.22. The number of para-hydroxylation sites is 1. The Morgan fingerprint density at radius 1 is 1.13 bits per heavy atom. The summed E-state index contributed by atoms with van der Waals surface area (Å²) in [5.74, 6) is -0.115. The molecule has 0 bridgehead atoms. The molecule has 0 aliphatic rings. The number of halogens is 1. The first-order valence-corrected chi connectivity index (χ1v) is 8.50. The van der Waals surface area contributed by atoms with E-state index >= 15 is 0 Å². The van der Waals surface area contributed by atoms with Gasteiger partial charge in [0.1, 0.15) is 5.75 Å². The van der Waals surface area contributed by atoms with E-state index in [0.29, 0.717) is 17.9 Å². The van der Waals surface area contributed by atoms with E-state index in [1.165, 1.54) is 19.2 Å². The normalized spacial score (nSPS) is 11.3. The summed E-state index contributed by atoms with van der Waals surface area (Å²) in [7, 11) is -2.33. The monoisotopic (exact) mass is 339 g/mol. The van der Waals surface area contributed by atoms with Crippen molar-refractivity contribution in [3.05, 3.63) is 53.8 Å². The van der Waals surface area contributed by atoms with Crippen LogP contribution < -0.4 is 14.2 Å². The van der Waals surface area contributed by atoms with Gasteiger partial charge in [0.05, 0.1) is 18.6 Å². The van der Waals surface area contributed by atoms with Gasteiger partial charge in [-0.25, -0.2) is 17.5 Å². The average Bonchev–Trinajstić information content (AvgIpc) is 2.55. The molecule has 0 radical (unpaired) electrons. The van der Waals surface area contributed by atoms with Crippen molar-refractivity contribution >= 4 is 10.0 Å². The molecular weight excluding hydrogens is 321 g/mol. The van der Waals surface area contributed by atoms with Crippen LogP contribution in [0.2, 0.25) is 0 Å². The van der Waals surface area contributed by atoms with Gasteiger partial charge in [0.15, 0.2) is 11.6 Å². The van der Waals surface area contributed by atoms with Crippen LogP contribution in [0, 0.1) is 5.82 Å². The zero-order chi connectivity index (χ0) is 16.9. The van der Waals surface area contributed by atoms with Crippen molar-refractivity contribution < 1.29 is 22.3 Å². The molecule has 124 valence electrons. The molecule has 0 aromatic heterocycles. The minimum absolute atomic E-state index is 0.0242. The lowest BCUT2D eigenvalue weighted by Crippen LogP contribution is -2.23. The maximum Gasteiger partial charge on any atom is 0.240 e. The Morgan fingerprint density at radius 3 is 2.52 bits per heavy atom. The average molecular weight is 339 g/mol. The summed E-state index contributed by atoms with van der Waals surface area (Å²) in [5.41, 5.74) is 0.685. The van der Waals surface area contributed by atoms with Crippen LogP contribution in [0.3, 0.4) is 0 Å². The summed E-state index contributed by atoms with van der Waals surface area (Å²) in [6.07, 6.45) is 0. The van der Waals surface area contributed by atoms with E-state index in [2.05, 4.69) is 4.72 Å². The fourth-order valence-corrected chi connectivity index (χ4v) is 3.04. The highest BCUT2D eigenvalue weighted by molar-refractivity contribution is 7.89. The Bertz CT molecular complexity index is 777. The molecule has 7 heteroatoms. The number of sulfonamides is 1. The van der Waals surface area contributed by atoms with Crippen LogP contribution in [0.15, 0.2) is 47.4 Å². The van der Waals surface area contributed by atoms with Crippen LogP contribution in [-0.4, -0.2) is 22.1 Å². The predicted octanol–water partition coefficient (Wildman–Crippen LogP) is 2.71. The Morgan fingerprint density at radius 2 is 1.87 bits per heavy atom.